The van der Waals surface area contributed by atoms with Crippen molar-refractivity contribution >= 4 is 11.8 Å². The summed E-state index contributed by atoms with van der Waals surface area (Å²) < 4.78 is 5.75. The van der Waals surface area contributed by atoms with Gasteiger partial charge in [0.2, 0.25) is 0 Å². The predicted molar refractivity (Wildman–Crippen MR) is 77.7 cm³/mol. The van der Waals surface area contributed by atoms with Gasteiger partial charge in [0.1, 0.15) is 11.5 Å². The number of hydrogen-bond acceptors (Lipinski definition) is 4. The Labute approximate surface area is 114 Å². The van der Waals surface area contributed by atoms with E-state index in [1.807, 2.05) is 19.1 Å². The zero-order valence-electron chi connectivity index (χ0n) is 11.8. The summed E-state index contributed by atoms with van der Waals surface area (Å²) in [6.07, 6.45) is 0. The molecule has 2 N–H and O–H groups in total. The van der Waals surface area contributed by atoms with Crippen molar-refractivity contribution in [1.82, 2.24) is 5.32 Å². The Kier molecular flexibility index (Phi) is 6.26. The van der Waals surface area contributed by atoms with Gasteiger partial charge in [-0.3, -0.25) is 0 Å². The minimum Gasteiger partial charge on any atom is -0.464 e. The average Bonchev–Trinajstić information content (AvgIpc) is 2.73. The van der Waals surface area contributed by atoms with Crippen molar-refractivity contribution in [3.05, 3.63) is 23.7 Å². The molecule has 0 saturated carbocycles. The normalized spacial score (nSPS) is 13.8. The lowest BCUT2D eigenvalue weighted by atomic mass is 10.1. The molecule has 1 heterocycles. The SMILES string of the molecule is CC(CO)CSCc1ccc(CNC(C)(C)C)o1. The number of nitrogens with one attached hydrogen (secondary N) is 1. The molecule has 0 aliphatic carbocycles. The molecule has 0 radical (unpaired) electrons. The second kappa shape index (κ2) is 7.22. The Morgan fingerprint density at radius 1 is 1.33 bits per heavy atom. The fourth-order valence-corrected chi connectivity index (χ4v) is 2.34. The van der Waals surface area contributed by atoms with Crippen LogP contribution in [-0.4, -0.2) is 23.0 Å². The number of hydrogen-bond donors (Lipinski definition) is 2. The molecule has 0 aromatic carbocycles. The third-order valence-corrected chi connectivity index (χ3v) is 3.76. The predicted octanol–water partition coefficient (Wildman–Crippen LogP) is 3.03. The highest BCUT2D eigenvalue weighted by Gasteiger charge is 2.10. The largest absolute Gasteiger partial charge is 0.464 e. The van der Waals surface area contributed by atoms with Crippen molar-refractivity contribution in [2.45, 2.75) is 45.5 Å². The first-order chi connectivity index (χ1) is 8.40. The molecule has 0 fully saturated rings. The van der Waals surface area contributed by atoms with E-state index in [1.54, 1.807) is 11.8 Å². The quantitative estimate of drug-likeness (QED) is 0.800. The van der Waals surface area contributed by atoms with Gasteiger partial charge in [-0.2, -0.15) is 11.8 Å². The van der Waals surface area contributed by atoms with Crippen LogP contribution in [0.3, 0.4) is 0 Å². The third-order valence-electron chi connectivity index (χ3n) is 2.47. The first-order valence-corrected chi connectivity index (χ1v) is 7.57. The molecule has 1 aromatic rings. The molecule has 0 saturated heterocycles. The molecule has 1 aromatic heterocycles. The van der Waals surface area contributed by atoms with E-state index in [4.69, 9.17) is 9.52 Å². The monoisotopic (exact) mass is 271 g/mol. The summed E-state index contributed by atoms with van der Waals surface area (Å²) in [5.41, 5.74) is 0.109. The number of aliphatic hydroxyl groups is 1. The van der Waals surface area contributed by atoms with Gasteiger partial charge in [-0.05, 0) is 44.6 Å². The standard InChI is InChI=1S/C14H25NO2S/c1-11(8-16)9-18-10-13-6-5-12(17-13)7-15-14(2,3)4/h5-6,11,15-16H,7-10H2,1-4H3. The highest BCUT2D eigenvalue weighted by Crippen LogP contribution is 2.18. The second-order valence-electron chi connectivity index (χ2n) is 5.77. The fraction of sp³-hybridized carbons (Fsp3) is 0.714. The van der Waals surface area contributed by atoms with Crippen molar-refractivity contribution in [2.75, 3.05) is 12.4 Å². The summed E-state index contributed by atoms with van der Waals surface area (Å²) >= 11 is 1.80. The molecule has 1 rings (SSSR count). The Morgan fingerprint density at radius 3 is 2.61 bits per heavy atom. The molecule has 18 heavy (non-hydrogen) atoms. The summed E-state index contributed by atoms with van der Waals surface area (Å²) in [6, 6.07) is 4.07. The van der Waals surface area contributed by atoms with Crippen LogP contribution in [0.25, 0.3) is 0 Å². The minimum absolute atomic E-state index is 0.109. The maximum atomic E-state index is 8.94. The first-order valence-electron chi connectivity index (χ1n) is 6.42. The number of furan rings is 1. The maximum Gasteiger partial charge on any atom is 0.118 e. The van der Waals surface area contributed by atoms with Crippen LogP contribution in [0.4, 0.5) is 0 Å². The van der Waals surface area contributed by atoms with E-state index in [1.165, 1.54) is 0 Å². The summed E-state index contributed by atoms with van der Waals surface area (Å²) in [4.78, 5) is 0. The lowest BCUT2D eigenvalue weighted by molar-refractivity contribution is 0.250. The molecule has 0 amide bonds. The van der Waals surface area contributed by atoms with Crippen LogP contribution in [-0.2, 0) is 12.3 Å². The minimum atomic E-state index is 0.109. The third kappa shape index (κ3) is 6.47. The van der Waals surface area contributed by atoms with Crippen molar-refractivity contribution in [3.8, 4) is 0 Å². The van der Waals surface area contributed by atoms with E-state index in [0.717, 1.165) is 29.6 Å². The Morgan fingerprint density at radius 2 is 2.00 bits per heavy atom. The molecule has 1 unspecified atom stereocenters. The highest BCUT2D eigenvalue weighted by atomic mass is 32.2. The van der Waals surface area contributed by atoms with Gasteiger partial charge < -0.3 is 14.8 Å². The number of thioether (sulfide) groups is 1. The molecule has 0 bridgehead atoms. The van der Waals surface area contributed by atoms with Crippen LogP contribution in [0.1, 0.15) is 39.2 Å². The molecule has 0 aliphatic rings. The van der Waals surface area contributed by atoms with Gasteiger partial charge in [0, 0.05) is 12.1 Å². The van der Waals surface area contributed by atoms with Crippen molar-refractivity contribution in [2.24, 2.45) is 5.92 Å². The molecular weight excluding hydrogens is 246 g/mol. The Bertz CT molecular complexity index is 344. The van der Waals surface area contributed by atoms with Crippen molar-refractivity contribution < 1.29 is 9.52 Å². The fourth-order valence-electron chi connectivity index (χ4n) is 1.36. The maximum absolute atomic E-state index is 8.94. The zero-order valence-corrected chi connectivity index (χ0v) is 12.6. The van der Waals surface area contributed by atoms with Gasteiger partial charge in [0.15, 0.2) is 0 Å². The van der Waals surface area contributed by atoms with E-state index in [0.29, 0.717) is 5.92 Å². The number of aliphatic hydroxyl groups excluding tert-OH is 1. The summed E-state index contributed by atoms with van der Waals surface area (Å²) in [6.45, 7) is 9.50. The van der Waals surface area contributed by atoms with Gasteiger partial charge in [-0.25, -0.2) is 0 Å². The second-order valence-corrected chi connectivity index (χ2v) is 6.80. The zero-order chi connectivity index (χ0) is 13.6. The topological polar surface area (TPSA) is 45.4 Å². The van der Waals surface area contributed by atoms with Crippen molar-refractivity contribution in [1.29, 1.82) is 0 Å². The number of rotatable bonds is 7. The smallest absolute Gasteiger partial charge is 0.118 e. The van der Waals surface area contributed by atoms with Crippen LogP contribution in [0.5, 0.6) is 0 Å². The molecule has 0 spiro atoms. The van der Waals surface area contributed by atoms with Gasteiger partial charge in [0.25, 0.3) is 0 Å². The average molecular weight is 271 g/mol. The van der Waals surface area contributed by atoms with E-state index < -0.39 is 0 Å². The van der Waals surface area contributed by atoms with Crippen molar-refractivity contribution in [3.63, 3.8) is 0 Å². The van der Waals surface area contributed by atoms with Crippen LogP contribution in [0.15, 0.2) is 16.5 Å². The molecule has 3 nitrogen and oxygen atoms in total. The van der Waals surface area contributed by atoms with E-state index in [2.05, 4.69) is 26.1 Å². The summed E-state index contributed by atoms with van der Waals surface area (Å²) in [7, 11) is 0. The van der Waals surface area contributed by atoms with Crippen LogP contribution in [0, 0.1) is 5.92 Å². The van der Waals surface area contributed by atoms with E-state index in [9.17, 15) is 0 Å². The van der Waals surface area contributed by atoms with Crippen LogP contribution >= 0.6 is 11.8 Å². The Hall–Kier alpha value is -0.450. The van der Waals surface area contributed by atoms with Gasteiger partial charge in [-0.15, -0.1) is 0 Å². The van der Waals surface area contributed by atoms with Gasteiger partial charge >= 0.3 is 0 Å². The van der Waals surface area contributed by atoms with Crippen LogP contribution < -0.4 is 5.32 Å². The summed E-state index contributed by atoms with van der Waals surface area (Å²) in [5.74, 6) is 4.19. The lowest BCUT2D eigenvalue weighted by Gasteiger charge is -2.19. The molecule has 4 heteroatoms. The van der Waals surface area contributed by atoms with E-state index in [-0.39, 0.29) is 12.1 Å². The molecule has 0 aliphatic heterocycles. The molecule has 1 atom stereocenters. The molecule has 104 valence electrons. The van der Waals surface area contributed by atoms with E-state index >= 15 is 0 Å². The lowest BCUT2D eigenvalue weighted by Crippen LogP contribution is -2.34. The van der Waals surface area contributed by atoms with Gasteiger partial charge in [0.05, 0.1) is 12.3 Å². The van der Waals surface area contributed by atoms with Crippen LogP contribution in [0.2, 0.25) is 0 Å². The summed E-state index contributed by atoms with van der Waals surface area (Å²) in [5, 5.41) is 12.3. The Balaban J connectivity index is 2.30. The molecular formula is C14H25NO2S. The van der Waals surface area contributed by atoms with Gasteiger partial charge in [-0.1, -0.05) is 6.92 Å². The highest BCUT2D eigenvalue weighted by molar-refractivity contribution is 7.98. The first kappa shape index (κ1) is 15.6.